The zero-order chi connectivity index (χ0) is 23.6. The summed E-state index contributed by atoms with van der Waals surface area (Å²) in [5, 5.41) is 34.0. The van der Waals surface area contributed by atoms with Gasteiger partial charge < -0.3 is 37.0 Å². The van der Waals surface area contributed by atoms with Gasteiger partial charge in [0, 0.05) is 12.2 Å². The Bertz CT molecular complexity index is 817. The molecule has 3 unspecified atom stereocenters. The van der Waals surface area contributed by atoms with E-state index in [0.29, 0.717) is 5.56 Å². The highest BCUT2D eigenvalue weighted by molar-refractivity contribution is 7.80. The van der Waals surface area contributed by atoms with E-state index in [9.17, 15) is 34.2 Å². The summed E-state index contributed by atoms with van der Waals surface area (Å²) in [6.07, 6.45) is -0.682. The first-order chi connectivity index (χ1) is 14.5. The van der Waals surface area contributed by atoms with E-state index in [4.69, 9.17) is 10.8 Å². The Morgan fingerprint density at radius 3 is 2.10 bits per heavy atom. The van der Waals surface area contributed by atoms with Crippen LogP contribution in [0.1, 0.15) is 12.0 Å². The summed E-state index contributed by atoms with van der Waals surface area (Å²) in [4.78, 5) is 58.0. The molecular formula is C18H24N4O8S. The lowest BCUT2D eigenvalue weighted by Gasteiger charge is -2.20. The molecular weight excluding hydrogens is 432 g/mol. The Kier molecular flexibility index (Phi) is 10.3. The molecule has 0 fully saturated rings. The number of carbonyl (C=O) groups is 5. The van der Waals surface area contributed by atoms with Crippen LogP contribution in [0.4, 0.5) is 0 Å². The molecule has 31 heavy (non-hydrogen) atoms. The Balaban J connectivity index is 2.62. The van der Waals surface area contributed by atoms with Gasteiger partial charge in [0.2, 0.25) is 17.7 Å². The molecule has 0 spiro atoms. The van der Waals surface area contributed by atoms with Crippen molar-refractivity contribution in [2.24, 2.45) is 5.73 Å². The number of hydrogen-bond acceptors (Lipinski definition) is 8. The van der Waals surface area contributed by atoms with Crippen LogP contribution in [0.15, 0.2) is 24.3 Å². The topological polar surface area (TPSA) is 208 Å². The predicted octanol–water partition coefficient (Wildman–Crippen LogP) is -2.16. The molecule has 0 radical (unpaired) electrons. The first-order valence-electron chi connectivity index (χ1n) is 8.99. The number of rotatable bonds is 12. The fourth-order valence-electron chi connectivity index (χ4n) is 2.36. The maximum absolute atomic E-state index is 12.4. The van der Waals surface area contributed by atoms with Crippen LogP contribution in [0, 0.1) is 0 Å². The summed E-state index contributed by atoms with van der Waals surface area (Å²) >= 11 is 3.97. The minimum absolute atomic E-state index is 0.00789. The highest BCUT2D eigenvalue weighted by Crippen LogP contribution is 2.11. The molecule has 0 heterocycles. The van der Waals surface area contributed by atoms with E-state index >= 15 is 0 Å². The SMILES string of the molecule is NC(CC(=O)O)C(=O)NCC(=O)NC(CS)C(=O)NC(Cc1ccc(O)cc1)C(=O)O. The largest absolute Gasteiger partial charge is 0.508 e. The predicted molar refractivity (Wildman–Crippen MR) is 110 cm³/mol. The average Bonchev–Trinajstić information content (AvgIpc) is 2.70. The second-order valence-corrected chi connectivity index (χ2v) is 6.86. The number of carbonyl (C=O) groups excluding carboxylic acids is 3. The van der Waals surface area contributed by atoms with Crippen molar-refractivity contribution in [3.63, 3.8) is 0 Å². The van der Waals surface area contributed by atoms with Gasteiger partial charge in [-0.15, -0.1) is 0 Å². The number of aliphatic carboxylic acids is 2. The standard InChI is InChI=1S/C18H24N4O8S/c19-11(6-15(25)26)16(27)20-7-14(24)21-13(8-31)17(28)22-12(18(29)30)5-9-1-3-10(23)4-2-9/h1-4,11-13,23,31H,5-8,19H2,(H,20,27)(H,21,24)(H,22,28)(H,25,26)(H,29,30). The van der Waals surface area contributed by atoms with Crippen LogP contribution in [-0.2, 0) is 30.4 Å². The van der Waals surface area contributed by atoms with Crippen LogP contribution in [-0.4, -0.2) is 75.4 Å². The van der Waals surface area contributed by atoms with Gasteiger partial charge in [-0.3, -0.25) is 19.2 Å². The van der Waals surface area contributed by atoms with Gasteiger partial charge in [-0.2, -0.15) is 12.6 Å². The third kappa shape index (κ3) is 9.35. The summed E-state index contributed by atoms with van der Waals surface area (Å²) in [6.45, 7) is -0.570. The second-order valence-electron chi connectivity index (χ2n) is 6.49. The first kappa shape index (κ1) is 25.7. The normalized spacial score (nSPS) is 13.4. The van der Waals surface area contributed by atoms with Gasteiger partial charge in [-0.25, -0.2) is 4.79 Å². The molecule has 0 aliphatic rings. The summed E-state index contributed by atoms with van der Waals surface area (Å²) in [7, 11) is 0. The Labute approximate surface area is 182 Å². The first-order valence-corrected chi connectivity index (χ1v) is 9.63. The van der Waals surface area contributed by atoms with Crippen LogP contribution in [0.2, 0.25) is 0 Å². The molecule has 1 rings (SSSR count). The van der Waals surface area contributed by atoms with Gasteiger partial charge in [0.15, 0.2) is 0 Å². The number of aromatic hydroxyl groups is 1. The van der Waals surface area contributed by atoms with Crippen molar-refractivity contribution in [2.75, 3.05) is 12.3 Å². The number of carboxylic acids is 2. The number of phenolic OH excluding ortho intramolecular Hbond substituents is 1. The molecule has 3 atom stereocenters. The zero-order valence-electron chi connectivity index (χ0n) is 16.3. The van der Waals surface area contributed by atoms with E-state index in [0.717, 1.165) is 0 Å². The smallest absolute Gasteiger partial charge is 0.326 e. The van der Waals surface area contributed by atoms with E-state index in [1.54, 1.807) is 0 Å². The van der Waals surface area contributed by atoms with Gasteiger partial charge >= 0.3 is 11.9 Å². The number of nitrogens with one attached hydrogen (secondary N) is 3. The third-order valence-corrected chi connectivity index (χ3v) is 4.34. The molecule has 8 N–H and O–H groups in total. The van der Waals surface area contributed by atoms with Crippen LogP contribution in [0.25, 0.3) is 0 Å². The fourth-order valence-corrected chi connectivity index (χ4v) is 2.62. The minimum Gasteiger partial charge on any atom is -0.508 e. The van der Waals surface area contributed by atoms with Gasteiger partial charge in [0.25, 0.3) is 0 Å². The van der Waals surface area contributed by atoms with Crippen LogP contribution < -0.4 is 21.7 Å². The van der Waals surface area contributed by atoms with Crippen molar-refractivity contribution in [2.45, 2.75) is 31.0 Å². The second kappa shape index (κ2) is 12.4. The van der Waals surface area contributed by atoms with Gasteiger partial charge in [-0.05, 0) is 17.7 Å². The maximum Gasteiger partial charge on any atom is 0.326 e. The van der Waals surface area contributed by atoms with Gasteiger partial charge in [-0.1, -0.05) is 12.1 Å². The lowest BCUT2D eigenvalue weighted by atomic mass is 10.1. The van der Waals surface area contributed by atoms with Gasteiger partial charge in [0.05, 0.1) is 19.0 Å². The molecule has 13 heteroatoms. The van der Waals surface area contributed by atoms with Gasteiger partial charge in [0.1, 0.15) is 17.8 Å². The van der Waals surface area contributed by atoms with Crippen LogP contribution >= 0.6 is 12.6 Å². The van der Waals surface area contributed by atoms with E-state index in [2.05, 4.69) is 28.6 Å². The molecule has 0 aliphatic heterocycles. The van der Waals surface area contributed by atoms with Crippen LogP contribution in [0.3, 0.4) is 0 Å². The third-order valence-electron chi connectivity index (χ3n) is 3.98. The lowest BCUT2D eigenvalue weighted by molar-refractivity contribution is -0.142. The number of phenols is 1. The Hall–Kier alpha value is -3.32. The number of benzene rings is 1. The van der Waals surface area contributed by atoms with Crippen molar-refractivity contribution in [1.29, 1.82) is 0 Å². The molecule has 1 aromatic carbocycles. The summed E-state index contributed by atoms with van der Waals surface area (Å²) < 4.78 is 0. The minimum atomic E-state index is -1.34. The molecule has 0 aromatic heterocycles. The van der Waals surface area contributed by atoms with Crippen molar-refractivity contribution < 1.29 is 39.3 Å². The number of hydrogen-bond donors (Lipinski definition) is 8. The summed E-state index contributed by atoms with van der Waals surface area (Å²) in [5.41, 5.74) is 5.92. The molecule has 12 nitrogen and oxygen atoms in total. The number of amides is 3. The number of carboxylic acid groups (broad SMARTS) is 2. The molecule has 1 aromatic rings. The summed E-state index contributed by atoms with van der Waals surface area (Å²) in [5.74, 6) is -5.17. The van der Waals surface area contributed by atoms with E-state index in [-0.39, 0.29) is 17.9 Å². The summed E-state index contributed by atoms with van der Waals surface area (Å²) in [6, 6.07) is 1.94. The van der Waals surface area contributed by atoms with Crippen molar-refractivity contribution in [3.05, 3.63) is 29.8 Å². The molecule has 0 saturated carbocycles. The average molecular weight is 456 g/mol. The Morgan fingerprint density at radius 2 is 1.58 bits per heavy atom. The monoisotopic (exact) mass is 456 g/mol. The van der Waals surface area contributed by atoms with Crippen molar-refractivity contribution in [1.82, 2.24) is 16.0 Å². The molecule has 0 bridgehead atoms. The lowest BCUT2D eigenvalue weighted by Crippen LogP contribution is -2.55. The number of thiol groups is 1. The van der Waals surface area contributed by atoms with E-state index in [1.165, 1.54) is 24.3 Å². The van der Waals surface area contributed by atoms with Crippen molar-refractivity contribution >= 4 is 42.3 Å². The fraction of sp³-hybridized carbons (Fsp3) is 0.389. The highest BCUT2D eigenvalue weighted by atomic mass is 32.1. The van der Waals surface area contributed by atoms with E-state index in [1.807, 2.05) is 0 Å². The molecule has 3 amide bonds. The quantitative estimate of drug-likeness (QED) is 0.161. The Morgan fingerprint density at radius 1 is 0.968 bits per heavy atom. The molecule has 0 saturated heterocycles. The van der Waals surface area contributed by atoms with E-state index < -0.39 is 60.8 Å². The number of nitrogens with two attached hydrogens (primary N) is 1. The van der Waals surface area contributed by atoms with Crippen LogP contribution in [0.5, 0.6) is 5.75 Å². The zero-order valence-corrected chi connectivity index (χ0v) is 17.2. The maximum atomic E-state index is 12.4. The van der Waals surface area contributed by atoms with Crippen molar-refractivity contribution in [3.8, 4) is 5.75 Å². The highest BCUT2D eigenvalue weighted by Gasteiger charge is 2.26. The molecule has 170 valence electrons. The molecule has 0 aliphatic carbocycles.